The van der Waals surface area contributed by atoms with Crippen LogP contribution in [0.5, 0.6) is 0 Å². The van der Waals surface area contributed by atoms with Crippen molar-refractivity contribution < 1.29 is 0 Å². The summed E-state index contributed by atoms with van der Waals surface area (Å²) in [7, 11) is 0. The molecule has 1 aromatic rings. The van der Waals surface area contributed by atoms with Crippen LogP contribution in [0.25, 0.3) is 0 Å². The highest BCUT2D eigenvalue weighted by Gasteiger charge is 1.98. The van der Waals surface area contributed by atoms with Crippen molar-refractivity contribution in [1.29, 1.82) is 0 Å². The van der Waals surface area contributed by atoms with Crippen molar-refractivity contribution in [3.8, 4) is 0 Å². The first-order valence-electron chi connectivity index (χ1n) is 4.64. The van der Waals surface area contributed by atoms with E-state index in [4.69, 9.17) is 0 Å². The molecule has 0 aliphatic carbocycles. The van der Waals surface area contributed by atoms with E-state index >= 15 is 0 Å². The zero-order valence-corrected chi connectivity index (χ0v) is 7.88. The van der Waals surface area contributed by atoms with Gasteiger partial charge in [0.15, 0.2) is 0 Å². The number of aromatic nitrogens is 2. The van der Waals surface area contributed by atoms with Gasteiger partial charge in [-0.1, -0.05) is 13.3 Å². The number of aryl methyl sites for hydroxylation is 1. The van der Waals surface area contributed by atoms with Crippen molar-refractivity contribution in [3.05, 3.63) is 12.3 Å². The topological polar surface area (TPSA) is 29.9 Å². The van der Waals surface area contributed by atoms with Crippen molar-refractivity contribution in [2.75, 3.05) is 11.9 Å². The van der Waals surface area contributed by atoms with E-state index in [0.717, 1.165) is 18.9 Å². The number of nitrogens with one attached hydrogen (secondary N) is 1. The van der Waals surface area contributed by atoms with Gasteiger partial charge >= 0.3 is 0 Å². The van der Waals surface area contributed by atoms with E-state index in [0.29, 0.717) is 0 Å². The molecule has 0 spiro atoms. The Kier molecular flexibility index (Phi) is 3.64. The third-order valence-corrected chi connectivity index (χ3v) is 1.80. The molecular weight excluding hydrogens is 150 g/mol. The SMILES string of the molecule is CCCCn1nccc1NCC. The highest BCUT2D eigenvalue weighted by molar-refractivity contribution is 5.33. The average Bonchev–Trinajstić information content (AvgIpc) is 2.50. The van der Waals surface area contributed by atoms with Crippen LogP contribution < -0.4 is 5.32 Å². The maximum Gasteiger partial charge on any atom is 0.124 e. The van der Waals surface area contributed by atoms with Gasteiger partial charge < -0.3 is 5.32 Å². The summed E-state index contributed by atoms with van der Waals surface area (Å²) in [5.74, 6) is 1.13. The minimum absolute atomic E-state index is 0.956. The maximum atomic E-state index is 4.23. The number of unbranched alkanes of at least 4 members (excludes halogenated alkanes) is 1. The molecule has 0 amide bonds. The molecule has 1 heterocycles. The Morgan fingerprint density at radius 1 is 1.50 bits per heavy atom. The molecule has 12 heavy (non-hydrogen) atoms. The van der Waals surface area contributed by atoms with Crippen molar-refractivity contribution in [2.45, 2.75) is 33.2 Å². The Hall–Kier alpha value is -0.990. The van der Waals surface area contributed by atoms with Gasteiger partial charge in [0.1, 0.15) is 5.82 Å². The maximum absolute atomic E-state index is 4.23. The van der Waals surface area contributed by atoms with E-state index in [9.17, 15) is 0 Å². The Morgan fingerprint density at radius 3 is 3.00 bits per heavy atom. The van der Waals surface area contributed by atoms with Crippen LogP contribution in [0.1, 0.15) is 26.7 Å². The second kappa shape index (κ2) is 4.80. The largest absolute Gasteiger partial charge is 0.371 e. The molecule has 0 radical (unpaired) electrons. The van der Waals surface area contributed by atoms with Crippen LogP contribution in [-0.2, 0) is 6.54 Å². The lowest BCUT2D eigenvalue weighted by atomic mass is 10.3. The molecular formula is C9H17N3. The standard InChI is InChI=1S/C9H17N3/c1-3-5-8-12-9(10-4-2)6-7-11-12/h6-7,10H,3-5,8H2,1-2H3. The van der Waals surface area contributed by atoms with Crippen LogP contribution >= 0.6 is 0 Å². The van der Waals surface area contributed by atoms with Crippen molar-refractivity contribution >= 4 is 5.82 Å². The predicted molar refractivity (Wildman–Crippen MR) is 51.3 cm³/mol. The molecule has 0 unspecified atom stereocenters. The smallest absolute Gasteiger partial charge is 0.124 e. The van der Waals surface area contributed by atoms with Gasteiger partial charge in [-0.25, -0.2) is 4.68 Å². The van der Waals surface area contributed by atoms with Crippen molar-refractivity contribution in [3.63, 3.8) is 0 Å². The highest BCUT2D eigenvalue weighted by Crippen LogP contribution is 2.06. The van der Waals surface area contributed by atoms with E-state index in [1.807, 2.05) is 16.9 Å². The van der Waals surface area contributed by atoms with E-state index < -0.39 is 0 Å². The summed E-state index contributed by atoms with van der Waals surface area (Å²) in [6.07, 6.45) is 4.25. The first kappa shape index (κ1) is 9.10. The summed E-state index contributed by atoms with van der Waals surface area (Å²) in [6.45, 7) is 6.26. The molecule has 0 aromatic carbocycles. The highest BCUT2D eigenvalue weighted by atomic mass is 15.3. The van der Waals surface area contributed by atoms with Crippen LogP contribution in [0.3, 0.4) is 0 Å². The second-order valence-electron chi connectivity index (χ2n) is 2.82. The minimum Gasteiger partial charge on any atom is -0.371 e. The molecule has 0 saturated heterocycles. The van der Waals surface area contributed by atoms with Crippen molar-refractivity contribution in [2.24, 2.45) is 0 Å². The predicted octanol–water partition coefficient (Wildman–Crippen LogP) is 2.11. The van der Waals surface area contributed by atoms with E-state index in [2.05, 4.69) is 24.3 Å². The molecule has 3 heteroatoms. The van der Waals surface area contributed by atoms with E-state index in [1.165, 1.54) is 12.8 Å². The van der Waals surface area contributed by atoms with Gasteiger partial charge in [0.2, 0.25) is 0 Å². The first-order chi connectivity index (χ1) is 5.88. The van der Waals surface area contributed by atoms with Gasteiger partial charge in [-0.3, -0.25) is 0 Å². The third-order valence-electron chi connectivity index (χ3n) is 1.80. The number of hydrogen-bond acceptors (Lipinski definition) is 2. The molecule has 0 aliphatic heterocycles. The molecule has 3 nitrogen and oxygen atoms in total. The summed E-state index contributed by atoms with van der Waals surface area (Å²) in [5, 5.41) is 7.49. The molecule has 0 bridgehead atoms. The van der Waals surface area contributed by atoms with Gasteiger partial charge in [-0.15, -0.1) is 0 Å². The van der Waals surface area contributed by atoms with Crippen LogP contribution in [0.15, 0.2) is 12.3 Å². The molecule has 0 saturated carbocycles. The van der Waals surface area contributed by atoms with Gasteiger partial charge in [-0.2, -0.15) is 5.10 Å². The normalized spacial score (nSPS) is 10.2. The summed E-state index contributed by atoms with van der Waals surface area (Å²) >= 11 is 0. The Bertz CT molecular complexity index is 217. The van der Waals surface area contributed by atoms with E-state index in [-0.39, 0.29) is 0 Å². The fraction of sp³-hybridized carbons (Fsp3) is 0.667. The summed E-state index contributed by atoms with van der Waals surface area (Å²) < 4.78 is 2.02. The third kappa shape index (κ3) is 2.26. The lowest BCUT2D eigenvalue weighted by Gasteiger charge is -2.06. The van der Waals surface area contributed by atoms with Crippen molar-refractivity contribution in [1.82, 2.24) is 9.78 Å². The van der Waals surface area contributed by atoms with Gasteiger partial charge in [-0.05, 0) is 13.3 Å². The van der Waals surface area contributed by atoms with E-state index in [1.54, 1.807) is 0 Å². The van der Waals surface area contributed by atoms with Crippen LogP contribution in [0, 0.1) is 0 Å². The van der Waals surface area contributed by atoms with Crippen LogP contribution in [-0.4, -0.2) is 16.3 Å². The lowest BCUT2D eigenvalue weighted by Crippen LogP contribution is -2.07. The zero-order valence-electron chi connectivity index (χ0n) is 7.88. The Balaban J connectivity index is 2.51. The Labute approximate surface area is 73.8 Å². The second-order valence-corrected chi connectivity index (χ2v) is 2.82. The molecule has 0 aliphatic rings. The molecule has 68 valence electrons. The number of hydrogen-bond donors (Lipinski definition) is 1. The fourth-order valence-corrected chi connectivity index (χ4v) is 1.15. The summed E-state index contributed by atoms with van der Waals surface area (Å²) in [5.41, 5.74) is 0. The molecule has 1 aromatic heterocycles. The Morgan fingerprint density at radius 2 is 2.33 bits per heavy atom. The number of nitrogens with zero attached hydrogens (tertiary/aromatic N) is 2. The summed E-state index contributed by atoms with van der Waals surface area (Å²) in [6, 6.07) is 2.01. The minimum atomic E-state index is 0.956. The lowest BCUT2D eigenvalue weighted by molar-refractivity contribution is 0.576. The zero-order chi connectivity index (χ0) is 8.81. The van der Waals surface area contributed by atoms with Gasteiger partial charge in [0, 0.05) is 19.2 Å². The molecule has 0 atom stereocenters. The first-order valence-corrected chi connectivity index (χ1v) is 4.64. The monoisotopic (exact) mass is 167 g/mol. The number of anilines is 1. The molecule has 0 fully saturated rings. The fourth-order valence-electron chi connectivity index (χ4n) is 1.15. The van der Waals surface area contributed by atoms with Gasteiger partial charge in [0.05, 0.1) is 6.20 Å². The van der Waals surface area contributed by atoms with Crippen LogP contribution in [0.2, 0.25) is 0 Å². The van der Waals surface area contributed by atoms with Crippen LogP contribution in [0.4, 0.5) is 5.82 Å². The summed E-state index contributed by atoms with van der Waals surface area (Å²) in [4.78, 5) is 0. The molecule has 1 N–H and O–H groups in total. The quantitative estimate of drug-likeness (QED) is 0.728. The molecule has 1 rings (SSSR count). The van der Waals surface area contributed by atoms with Gasteiger partial charge in [0.25, 0.3) is 0 Å². The average molecular weight is 167 g/mol. The number of rotatable bonds is 5.